The Labute approximate surface area is 79.0 Å². The van der Waals surface area contributed by atoms with Crippen LogP contribution in [-0.2, 0) is 0 Å². The Hall–Kier alpha value is -1.52. The molecule has 13 heavy (non-hydrogen) atoms. The summed E-state index contributed by atoms with van der Waals surface area (Å²) < 4.78 is 0. The predicted octanol–water partition coefficient (Wildman–Crippen LogP) is 3.47. The summed E-state index contributed by atoms with van der Waals surface area (Å²) in [7, 11) is 0. The largest absolute Gasteiger partial charge is 0.120 e. The molecule has 0 aromatic carbocycles. The third-order valence-corrected chi connectivity index (χ3v) is 2.14. The van der Waals surface area contributed by atoms with E-state index in [9.17, 15) is 0 Å². The van der Waals surface area contributed by atoms with Gasteiger partial charge in [-0.25, -0.2) is 0 Å². The monoisotopic (exact) mass is 168 g/mol. The van der Waals surface area contributed by atoms with E-state index < -0.39 is 0 Å². The van der Waals surface area contributed by atoms with Crippen molar-refractivity contribution in [3.05, 3.63) is 65.5 Å². The van der Waals surface area contributed by atoms with E-state index in [-0.39, 0.29) is 0 Å². The molecule has 0 saturated heterocycles. The van der Waals surface area contributed by atoms with Crippen molar-refractivity contribution in [1.82, 2.24) is 0 Å². The molecule has 0 amide bonds. The summed E-state index contributed by atoms with van der Waals surface area (Å²) in [6, 6.07) is 0. The lowest BCUT2D eigenvalue weighted by Crippen LogP contribution is -1.68. The fourth-order valence-corrected chi connectivity index (χ4v) is 1.40. The van der Waals surface area contributed by atoms with Gasteiger partial charge in [0.1, 0.15) is 0 Å². The highest BCUT2D eigenvalue weighted by Crippen LogP contribution is 2.13. The number of rotatable bonds is 2. The Morgan fingerprint density at radius 3 is 1.85 bits per heavy atom. The van der Waals surface area contributed by atoms with Crippen molar-refractivity contribution in [3.8, 4) is 0 Å². The molecular weight excluding hydrogens is 156 g/mol. The maximum absolute atomic E-state index is 3.20. The molecule has 0 fully saturated rings. The quantitative estimate of drug-likeness (QED) is 0.554. The lowest BCUT2D eigenvalue weighted by Gasteiger charge is -1.87. The van der Waals surface area contributed by atoms with Crippen LogP contribution in [0.3, 0.4) is 0 Å². The Morgan fingerprint density at radius 2 is 1.46 bits per heavy atom. The average Bonchev–Trinajstić information content (AvgIpc) is 2.75. The Morgan fingerprint density at radius 1 is 0.923 bits per heavy atom. The van der Waals surface area contributed by atoms with Crippen LogP contribution in [0.2, 0.25) is 0 Å². The van der Waals surface area contributed by atoms with Crippen LogP contribution in [0, 0.1) is 0 Å². The first-order chi connectivity index (χ1) is 6.45. The number of hydrogen-bond donors (Lipinski definition) is 0. The maximum Gasteiger partial charge on any atom is -0.00882 e. The SMILES string of the molecule is C(=CC1=CC=CC1)=CC1=CC=CC1. The second kappa shape index (κ2) is 3.93. The minimum Gasteiger partial charge on any atom is -0.120 e. The van der Waals surface area contributed by atoms with Gasteiger partial charge in [-0.15, -0.1) is 5.73 Å². The van der Waals surface area contributed by atoms with Crippen LogP contribution in [0.15, 0.2) is 65.5 Å². The van der Waals surface area contributed by atoms with Crippen molar-refractivity contribution in [2.45, 2.75) is 12.8 Å². The van der Waals surface area contributed by atoms with E-state index >= 15 is 0 Å². The standard InChI is InChI=1S/C13H12/c1-2-7-12(6-1)10-5-11-13-8-3-4-9-13/h1-4,6,8,10-11H,7,9H2. The minimum atomic E-state index is 1.05. The molecule has 0 saturated carbocycles. The zero-order chi connectivity index (χ0) is 8.93. The maximum atomic E-state index is 3.20. The Bertz CT molecular complexity index is 333. The highest BCUT2D eigenvalue weighted by atomic mass is 14.0. The predicted molar refractivity (Wildman–Crippen MR) is 56.3 cm³/mol. The molecule has 2 aliphatic carbocycles. The molecule has 0 nitrogen and oxygen atoms in total. The van der Waals surface area contributed by atoms with Crippen molar-refractivity contribution in [2.24, 2.45) is 0 Å². The van der Waals surface area contributed by atoms with Crippen molar-refractivity contribution in [3.63, 3.8) is 0 Å². The molecular formula is C13H12. The first-order valence-electron chi connectivity index (χ1n) is 4.59. The van der Waals surface area contributed by atoms with Gasteiger partial charge in [0.15, 0.2) is 0 Å². The zero-order valence-electron chi connectivity index (χ0n) is 7.53. The molecule has 0 radical (unpaired) electrons. The van der Waals surface area contributed by atoms with Crippen LogP contribution >= 0.6 is 0 Å². The van der Waals surface area contributed by atoms with Gasteiger partial charge in [0, 0.05) is 0 Å². The fraction of sp³-hybridized carbons (Fsp3) is 0.154. The summed E-state index contributed by atoms with van der Waals surface area (Å²) in [5.41, 5.74) is 5.87. The van der Waals surface area contributed by atoms with Gasteiger partial charge >= 0.3 is 0 Å². The van der Waals surface area contributed by atoms with E-state index in [1.165, 1.54) is 11.1 Å². The Kier molecular flexibility index (Phi) is 2.45. The van der Waals surface area contributed by atoms with Crippen molar-refractivity contribution in [1.29, 1.82) is 0 Å². The van der Waals surface area contributed by atoms with Crippen molar-refractivity contribution < 1.29 is 0 Å². The molecule has 64 valence electrons. The first kappa shape index (κ1) is 8.10. The minimum absolute atomic E-state index is 1.05. The fourth-order valence-electron chi connectivity index (χ4n) is 1.40. The van der Waals surface area contributed by atoms with Crippen LogP contribution in [0.5, 0.6) is 0 Å². The van der Waals surface area contributed by atoms with Gasteiger partial charge in [-0.3, -0.25) is 0 Å². The van der Waals surface area contributed by atoms with Gasteiger partial charge in [-0.2, -0.15) is 0 Å². The summed E-state index contributed by atoms with van der Waals surface area (Å²) in [4.78, 5) is 0. The zero-order valence-corrected chi connectivity index (χ0v) is 7.53. The summed E-state index contributed by atoms with van der Waals surface area (Å²) in [6.07, 6.45) is 19.0. The van der Waals surface area contributed by atoms with Gasteiger partial charge in [0.25, 0.3) is 0 Å². The molecule has 0 heteroatoms. The Balaban J connectivity index is 1.96. The molecule has 0 atom stereocenters. The topological polar surface area (TPSA) is 0 Å². The molecule has 0 bridgehead atoms. The summed E-state index contributed by atoms with van der Waals surface area (Å²) in [6.45, 7) is 0. The molecule has 0 aromatic heterocycles. The first-order valence-corrected chi connectivity index (χ1v) is 4.59. The summed E-state index contributed by atoms with van der Waals surface area (Å²) in [5, 5.41) is 0. The van der Waals surface area contributed by atoms with E-state index in [0.717, 1.165) is 12.8 Å². The number of allylic oxidation sites excluding steroid dienone is 9. The third-order valence-electron chi connectivity index (χ3n) is 2.14. The van der Waals surface area contributed by atoms with Gasteiger partial charge in [-0.1, -0.05) is 36.5 Å². The van der Waals surface area contributed by atoms with E-state index in [0.29, 0.717) is 0 Å². The summed E-state index contributed by atoms with van der Waals surface area (Å²) >= 11 is 0. The molecule has 0 aromatic rings. The molecule has 2 aliphatic rings. The van der Waals surface area contributed by atoms with E-state index in [1.807, 2.05) is 0 Å². The second-order valence-electron chi connectivity index (χ2n) is 3.20. The highest BCUT2D eigenvalue weighted by Gasteiger charge is 1.93. The summed E-state index contributed by atoms with van der Waals surface area (Å²) in [5.74, 6) is 0. The molecule has 2 rings (SSSR count). The van der Waals surface area contributed by atoms with E-state index in [4.69, 9.17) is 0 Å². The van der Waals surface area contributed by atoms with Crippen LogP contribution in [0.25, 0.3) is 0 Å². The second-order valence-corrected chi connectivity index (χ2v) is 3.20. The molecule has 0 N–H and O–H groups in total. The number of hydrogen-bond acceptors (Lipinski definition) is 0. The normalized spacial score (nSPS) is 18.2. The van der Waals surface area contributed by atoms with Crippen molar-refractivity contribution in [2.75, 3.05) is 0 Å². The lowest BCUT2D eigenvalue weighted by molar-refractivity contribution is 1.32. The molecule has 0 heterocycles. The molecule has 0 spiro atoms. The van der Waals surface area contributed by atoms with Gasteiger partial charge in [0.05, 0.1) is 0 Å². The van der Waals surface area contributed by atoms with Crippen LogP contribution in [0.1, 0.15) is 12.8 Å². The van der Waals surface area contributed by atoms with Crippen LogP contribution in [-0.4, -0.2) is 0 Å². The average molecular weight is 168 g/mol. The molecule has 0 aliphatic heterocycles. The van der Waals surface area contributed by atoms with Gasteiger partial charge in [-0.05, 0) is 36.1 Å². The third kappa shape index (κ3) is 2.21. The van der Waals surface area contributed by atoms with E-state index in [2.05, 4.69) is 54.3 Å². The van der Waals surface area contributed by atoms with Gasteiger partial charge in [0.2, 0.25) is 0 Å². The van der Waals surface area contributed by atoms with E-state index in [1.54, 1.807) is 0 Å². The van der Waals surface area contributed by atoms with Crippen LogP contribution in [0.4, 0.5) is 0 Å². The molecule has 0 unspecified atom stereocenters. The smallest absolute Gasteiger partial charge is 0.00882 e. The highest BCUT2D eigenvalue weighted by molar-refractivity contribution is 5.35. The van der Waals surface area contributed by atoms with Gasteiger partial charge < -0.3 is 0 Å². The van der Waals surface area contributed by atoms with Crippen LogP contribution < -0.4 is 0 Å². The lowest BCUT2D eigenvalue weighted by atomic mass is 10.2. The van der Waals surface area contributed by atoms with Crippen molar-refractivity contribution >= 4 is 0 Å².